The number of imidazole rings is 1. The molecule has 12 heterocycles. The SMILES string of the molecule is CN(C)C1CCN(c2ccc3c(c2)Cn2c(cc(-c4ccc(C#N)cc4)c2Cl)-c2nncn2-3)CC1.CN(C)[C@@H]1CN(c2ccc3c(c2)Cn2cc(-c4ccc(F)cc4)cc2-c2ncnn2-3)C[C@H]1CO.Fc1ccc(-c2cc3n(c2)Cc2cc(N4CC[C@H]5CCC[C@@H]54)ccc2-n2ccnc2-3)cc1. The Morgan fingerprint density at radius 3 is 1.87 bits per heavy atom. The first-order valence-electron chi connectivity index (χ1n) is 35.1. The number of fused-ring (bicyclic) bond motifs is 16. The van der Waals surface area contributed by atoms with E-state index in [1.54, 1.807) is 24.8 Å². The van der Waals surface area contributed by atoms with Crippen LogP contribution >= 0.6 is 11.6 Å². The first-order chi connectivity index (χ1) is 49.3. The van der Waals surface area contributed by atoms with Gasteiger partial charge in [0.1, 0.15) is 29.4 Å². The Balaban J connectivity index is 0.000000113. The average Bonchev–Trinajstić information content (AvgIpc) is 1.61. The summed E-state index contributed by atoms with van der Waals surface area (Å²) >= 11 is 6.98. The van der Waals surface area contributed by atoms with Crippen LogP contribution in [0.25, 0.3) is 85.0 Å². The van der Waals surface area contributed by atoms with Crippen LogP contribution in [0.1, 0.15) is 60.8 Å². The second-order valence-corrected chi connectivity index (χ2v) is 28.7. The lowest BCUT2D eigenvalue weighted by Crippen LogP contribution is -2.42. The van der Waals surface area contributed by atoms with Crippen LogP contribution in [0.2, 0.25) is 5.15 Å². The summed E-state index contributed by atoms with van der Waals surface area (Å²) in [4.78, 5) is 21.3. The smallest absolute Gasteiger partial charge is 0.185 e. The van der Waals surface area contributed by atoms with Crippen molar-refractivity contribution < 1.29 is 13.9 Å². The minimum Gasteiger partial charge on any atom is -0.396 e. The minimum atomic E-state index is -0.243. The molecule has 6 aromatic carbocycles. The van der Waals surface area contributed by atoms with Crippen molar-refractivity contribution in [2.75, 3.05) is 82.2 Å². The lowest BCUT2D eigenvalue weighted by Gasteiger charge is -2.36. The molecule has 0 amide bonds. The molecule has 21 heteroatoms. The van der Waals surface area contributed by atoms with Crippen LogP contribution in [0.3, 0.4) is 0 Å². The van der Waals surface area contributed by atoms with E-state index in [9.17, 15) is 13.9 Å². The lowest BCUT2D eigenvalue weighted by molar-refractivity contribution is 0.168. The van der Waals surface area contributed by atoms with E-state index in [4.69, 9.17) is 21.8 Å². The third-order valence-corrected chi connectivity index (χ3v) is 22.6. The number of piperidine rings is 1. The topological polar surface area (TPSA) is 154 Å². The summed E-state index contributed by atoms with van der Waals surface area (Å²) in [6.45, 7) is 7.30. The van der Waals surface area contributed by atoms with Crippen LogP contribution in [-0.4, -0.2) is 153 Å². The summed E-state index contributed by atoms with van der Waals surface area (Å²) < 4.78 is 39.6. The molecule has 0 radical (unpaired) electrons. The maximum absolute atomic E-state index is 13.4. The fourth-order valence-electron chi connectivity index (χ4n) is 16.8. The number of nitriles is 1. The van der Waals surface area contributed by atoms with Gasteiger partial charge in [0.05, 0.1) is 52.3 Å². The van der Waals surface area contributed by atoms with Crippen LogP contribution in [0, 0.1) is 34.8 Å². The predicted molar refractivity (Wildman–Crippen MR) is 392 cm³/mol. The van der Waals surface area contributed by atoms with E-state index in [1.807, 2.05) is 47.3 Å². The summed E-state index contributed by atoms with van der Waals surface area (Å²) in [5, 5.41) is 32.9. The Morgan fingerprint density at radius 2 is 1.21 bits per heavy atom. The Hall–Kier alpha value is -10.4. The fourth-order valence-corrected chi connectivity index (χ4v) is 17.1. The van der Waals surface area contributed by atoms with E-state index in [2.05, 4.69) is 193 Å². The van der Waals surface area contributed by atoms with Gasteiger partial charge in [-0.15, -0.1) is 10.2 Å². The highest BCUT2D eigenvalue weighted by Gasteiger charge is 2.39. The number of aliphatic hydroxyl groups excluding tert-OH is 1. The van der Waals surface area contributed by atoms with E-state index in [-0.39, 0.29) is 24.2 Å². The van der Waals surface area contributed by atoms with Gasteiger partial charge in [-0.2, -0.15) is 10.4 Å². The molecule has 0 spiro atoms. The quantitative estimate of drug-likeness (QED) is 0.146. The molecule has 6 aromatic heterocycles. The molecular weight excluding hydrogens is 1290 g/mol. The van der Waals surface area contributed by atoms with Gasteiger partial charge in [0.2, 0.25) is 0 Å². The highest BCUT2D eigenvalue weighted by atomic mass is 35.5. The average molecular weight is 1370 g/mol. The summed E-state index contributed by atoms with van der Waals surface area (Å²) in [5.41, 5.74) is 20.3. The molecule has 6 aliphatic heterocycles. The standard InChI is InChI=1S/C27H26ClN7.C27H25FN4.C26H27FN6O/c1-32(2)21-9-11-33(12-10-21)22-7-8-24-20(13-22)16-34-25(27-31-30-17-35(24)27)14-23(26(34)28)19-5-3-18(15-29)4-6-19;28-22-6-4-18(5-7-22)20-15-26-27-29-11-13-32(27)25-9-8-23(14-21(25)17-30(26)16-20)31-12-10-19-2-1-3-24(19)31;1-30(2)25-14-31(13-20(25)15-34)22-7-8-23-19(9-22)12-32-11-18(17-3-5-21(27)6-4-17)10-24(32)26-28-16-29-33(23)26/h3-8,13-14,17,21H,9-12,16H2,1-2H3;4-9,11,13-16,19,24H,1-3,10,12,17H2;3-11,16,20,25,34H,12-15H2,1-2H3/t;19-,24+;20-,25+/m.10/s1. The van der Waals surface area contributed by atoms with E-state index < -0.39 is 0 Å². The third kappa shape index (κ3) is 11.8. The first kappa shape index (κ1) is 64.0. The van der Waals surface area contributed by atoms with Gasteiger partial charge in [0.25, 0.3) is 0 Å². The van der Waals surface area contributed by atoms with Gasteiger partial charge in [0.15, 0.2) is 17.5 Å². The Labute approximate surface area is 590 Å². The van der Waals surface area contributed by atoms with Crippen LogP contribution in [0.15, 0.2) is 183 Å². The van der Waals surface area contributed by atoms with Crippen LogP contribution in [0.4, 0.5) is 25.8 Å². The van der Waals surface area contributed by atoms with Crippen molar-refractivity contribution in [3.05, 3.63) is 222 Å². The zero-order chi connectivity index (χ0) is 68.7. The third-order valence-electron chi connectivity index (χ3n) is 22.2. The molecule has 3 saturated heterocycles. The first-order valence-corrected chi connectivity index (χ1v) is 35.4. The maximum Gasteiger partial charge on any atom is 0.185 e. The molecule has 0 bridgehead atoms. The summed E-state index contributed by atoms with van der Waals surface area (Å²) in [6, 6.07) is 51.1. The van der Waals surface area contributed by atoms with Crippen LogP contribution in [-0.2, 0) is 19.6 Å². The molecule has 1 aliphatic carbocycles. The number of benzene rings is 6. The van der Waals surface area contributed by atoms with Gasteiger partial charge in [-0.3, -0.25) is 9.13 Å². The molecule has 4 fully saturated rings. The van der Waals surface area contributed by atoms with Crippen molar-refractivity contribution in [2.24, 2.45) is 11.8 Å². The minimum absolute atomic E-state index is 0.186. The monoisotopic (exact) mass is 1370 g/mol. The Kier molecular flexibility index (Phi) is 16.6. The molecule has 1 N–H and O–H groups in total. The molecule has 0 unspecified atom stereocenters. The lowest BCUT2D eigenvalue weighted by atomic mass is 10.0. The van der Waals surface area contributed by atoms with Crippen molar-refractivity contribution in [3.8, 4) is 91.1 Å². The molecular formula is C80H78ClF2N17O. The van der Waals surface area contributed by atoms with E-state index in [1.165, 1.54) is 97.5 Å². The van der Waals surface area contributed by atoms with E-state index >= 15 is 0 Å². The molecule has 510 valence electrons. The Morgan fingerprint density at radius 1 is 0.584 bits per heavy atom. The molecule has 101 heavy (non-hydrogen) atoms. The van der Waals surface area contributed by atoms with Crippen molar-refractivity contribution >= 4 is 28.7 Å². The van der Waals surface area contributed by atoms with Gasteiger partial charge >= 0.3 is 0 Å². The van der Waals surface area contributed by atoms with Gasteiger partial charge in [-0.1, -0.05) is 54.4 Å². The molecule has 12 aromatic rings. The van der Waals surface area contributed by atoms with Crippen molar-refractivity contribution in [3.63, 3.8) is 0 Å². The van der Waals surface area contributed by atoms with Gasteiger partial charge < -0.3 is 43.3 Å². The molecule has 18 nitrogen and oxygen atoms in total. The summed E-state index contributed by atoms with van der Waals surface area (Å²) in [6.07, 6.45) is 19.3. The molecule has 7 aliphatic rings. The molecule has 1 saturated carbocycles. The van der Waals surface area contributed by atoms with Gasteiger partial charge in [-0.25, -0.2) is 23.4 Å². The largest absolute Gasteiger partial charge is 0.396 e. The van der Waals surface area contributed by atoms with Crippen LogP contribution in [0.5, 0.6) is 0 Å². The van der Waals surface area contributed by atoms with Crippen molar-refractivity contribution in [1.82, 2.24) is 62.6 Å². The van der Waals surface area contributed by atoms with Gasteiger partial charge in [-0.05, 0) is 209 Å². The number of nitrogens with zero attached hydrogens (tertiary/aromatic N) is 17. The number of likely N-dealkylation sites (N-methyl/N-ethyl adjacent to an activating group) is 1. The number of aliphatic hydroxyl groups is 1. The number of aromatic nitrogens is 11. The molecule has 4 atom stereocenters. The van der Waals surface area contributed by atoms with Crippen molar-refractivity contribution in [1.29, 1.82) is 5.26 Å². The maximum atomic E-state index is 13.4. The van der Waals surface area contributed by atoms with E-state index in [0.29, 0.717) is 35.9 Å². The predicted octanol–water partition coefficient (Wildman–Crippen LogP) is 14.0. The van der Waals surface area contributed by atoms with E-state index in [0.717, 1.165) is 135 Å². The number of rotatable bonds is 9. The second kappa shape index (κ2) is 26.3. The highest BCUT2D eigenvalue weighted by Crippen LogP contribution is 2.45. The number of hydrogen-bond acceptors (Lipinski definition) is 12. The summed E-state index contributed by atoms with van der Waals surface area (Å²) in [7, 11) is 8.49. The number of halogens is 3. The zero-order valence-corrected chi connectivity index (χ0v) is 57.8. The number of hydrogen-bond donors (Lipinski definition) is 1. The second-order valence-electron chi connectivity index (χ2n) is 28.4. The normalized spacial score (nSPS) is 18.4. The van der Waals surface area contributed by atoms with Gasteiger partial charge in [0, 0.05) is 135 Å². The zero-order valence-electron chi connectivity index (χ0n) is 57.0. The summed E-state index contributed by atoms with van der Waals surface area (Å²) in [5.74, 6) is 3.15. The Bertz CT molecular complexity index is 5100. The molecule has 19 rings (SSSR count). The van der Waals surface area contributed by atoms with Crippen LogP contribution < -0.4 is 14.7 Å². The fraction of sp³-hybridized carbons (Fsp3) is 0.300. The van der Waals surface area contributed by atoms with Crippen molar-refractivity contribution in [2.45, 2.75) is 76.3 Å². The highest BCUT2D eigenvalue weighted by molar-refractivity contribution is 6.32. The number of anilines is 3.